The van der Waals surface area contributed by atoms with Gasteiger partial charge in [-0.1, -0.05) is 6.42 Å². The summed E-state index contributed by atoms with van der Waals surface area (Å²) in [5.74, 6) is -0.626. The average Bonchev–Trinajstić information content (AvgIpc) is 3.07. The number of carbonyl (C=O) groups is 2. The molecule has 0 aromatic rings. The van der Waals surface area contributed by atoms with Crippen LogP contribution in [0.5, 0.6) is 0 Å². The van der Waals surface area contributed by atoms with Crippen LogP contribution < -0.4 is 5.32 Å². The van der Waals surface area contributed by atoms with Crippen LogP contribution in [0.3, 0.4) is 0 Å². The number of nitrogens with one attached hydrogen (secondary N) is 1. The Kier molecular flexibility index (Phi) is 4.22. The van der Waals surface area contributed by atoms with Gasteiger partial charge in [-0.15, -0.1) is 0 Å². The van der Waals surface area contributed by atoms with Gasteiger partial charge in [-0.2, -0.15) is 0 Å². The minimum Gasteiger partial charge on any atom is -0.481 e. The van der Waals surface area contributed by atoms with Crippen LogP contribution in [-0.4, -0.2) is 48.1 Å². The monoisotopic (exact) mass is 254 g/mol. The minimum atomic E-state index is -0.694. The Hall–Kier alpha value is -1.10. The average molecular weight is 254 g/mol. The lowest BCUT2D eigenvalue weighted by molar-refractivity contribution is -0.142. The topological polar surface area (TPSA) is 69.6 Å². The quantitative estimate of drug-likeness (QED) is 0.732. The molecule has 5 heteroatoms. The van der Waals surface area contributed by atoms with Crippen LogP contribution in [0.15, 0.2) is 0 Å². The van der Waals surface area contributed by atoms with E-state index in [0.29, 0.717) is 19.1 Å². The molecule has 1 amide bonds. The van der Waals surface area contributed by atoms with Crippen molar-refractivity contribution in [2.24, 2.45) is 11.8 Å². The second kappa shape index (κ2) is 5.69. The molecular formula is C13H22N2O3. The summed E-state index contributed by atoms with van der Waals surface area (Å²) in [6, 6.07) is 0.442. The molecule has 2 atom stereocenters. The summed E-state index contributed by atoms with van der Waals surface area (Å²) in [5.41, 5.74) is 0. The third kappa shape index (κ3) is 3.22. The first kappa shape index (κ1) is 13.3. The normalized spacial score (nSPS) is 27.2. The second-order valence-electron chi connectivity index (χ2n) is 5.50. The maximum Gasteiger partial charge on any atom is 0.306 e. The first-order valence-electron chi connectivity index (χ1n) is 6.78. The Labute approximate surface area is 108 Å². The Morgan fingerprint density at radius 3 is 2.61 bits per heavy atom. The highest BCUT2D eigenvalue weighted by molar-refractivity contribution is 5.78. The molecule has 5 nitrogen and oxygen atoms in total. The maximum absolute atomic E-state index is 11.8. The number of rotatable bonds is 6. The van der Waals surface area contributed by atoms with Crippen molar-refractivity contribution in [2.45, 2.75) is 38.1 Å². The SMILES string of the molecule is CN(C(=O)CNCC1CCCC1C(=O)O)C1CC1. The van der Waals surface area contributed by atoms with E-state index in [1.165, 1.54) is 0 Å². The van der Waals surface area contributed by atoms with E-state index >= 15 is 0 Å². The molecular weight excluding hydrogens is 232 g/mol. The zero-order valence-corrected chi connectivity index (χ0v) is 10.9. The molecule has 2 N–H and O–H groups in total. The molecule has 0 heterocycles. The fourth-order valence-electron chi connectivity index (χ4n) is 2.76. The molecule has 2 aliphatic rings. The number of hydrogen-bond acceptors (Lipinski definition) is 3. The number of hydrogen-bond donors (Lipinski definition) is 2. The van der Waals surface area contributed by atoms with Crippen molar-refractivity contribution in [3.63, 3.8) is 0 Å². The Bertz CT molecular complexity index is 328. The van der Waals surface area contributed by atoms with Gasteiger partial charge in [0.2, 0.25) is 5.91 Å². The lowest BCUT2D eigenvalue weighted by Crippen LogP contribution is -2.39. The fraction of sp³-hybridized carbons (Fsp3) is 0.846. The van der Waals surface area contributed by atoms with Gasteiger partial charge in [-0.3, -0.25) is 9.59 Å². The van der Waals surface area contributed by atoms with E-state index in [-0.39, 0.29) is 17.7 Å². The summed E-state index contributed by atoms with van der Waals surface area (Å²) in [5, 5.41) is 12.2. The molecule has 2 saturated carbocycles. The van der Waals surface area contributed by atoms with Crippen LogP contribution in [0.2, 0.25) is 0 Å². The number of amides is 1. The standard InChI is InChI=1S/C13H22N2O3/c1-15(10-5-6-10)12(16)8-14-7-9-3-2-4-11(9)13(17)18/h9-11,14H,2-8H2,1H3,(H,17,18). The fourth-order valence-corrected chi connectivity index (χ4v) is 2.76. The number of carboxylic acids is 1. The number of aliphatic carboxylic acids is 1. The second-order valence-corrected chi connectivity index (χ2v) is 5.50. The van der Waals surface area contributed by atoms with E-state index in [4.69, 9.17) is 5.11 Å². The van der Waals surface area contributed by atoms with Crippen molar-refractivity contribution in [1.29, 1.82) is 0 Å². The van der Waals surface area contributed by atoms with E-state index < -0.39 is 5.97 Å². The number of likely N-dealkylation sites (N-methyl/N-ethyl adjacent to an activating group) is 1. The van der Waals surface area contributed by atoms with E-state index in [2.05, 4.69) is 5.32 Å². The summed E-state index contributed by atoms with van der Waals surface area (Å²) < 4.78 is 0. The predicted octanol–water partition coefficient (Wildman–Crippen LogP) is 0.698. The van der Waals surface area contributed by atoms with Crippen molar-refractivity contribution in [1.82, 2.24) is 10.2 Å². The van der Waals surface area contributed by atoms with Crippen LogP contribution in [0.25, 0.3) is 0 Å². The van der Waals surface area contributed by atoms with Gasteiger partial charge in [0, 0.05) is 13.1 Å². The lowest BCUT2D eigenvalue weighted by atomic mass is 9.96. The largest absolute Gasteiger partial charge is 0.481 e. The number of nitrogens with zero attached hydrogens (tertiary/aromatic N) is 1. The molecule has 102 valence electrons. The van der Waals surface area contributed by atoms with Crippen LogP contribution >= 0.6 is 0 Å². The zero-order valence-electron chi connectivity index (χ0n) is 10.9. The molecule has 0 radical (unpaired) electrons. The zero-order chi connectivity index (χ0) is 13.1. The minimum absolute atomic E-state index is 0.113. The van der Waals surface area contributed by atoms with Gasteiger partial charge in [0.1, 0.15) is 0 Å². The smallest absolute Gasteiger partial charge is 0.306 e. The number of carboxylic acid groups (broad SMARTS) is 1. The van der Waals surface area contributed by atoms with Gasteiger partial charge < -0.3 is 15.3 Å². The van der Waals surface area contributed by atoms with E-state index in [1.54, 1.807) is 4.90 Å². The Morgan fingerprint density at radius 2 is 2.00 bits per heavy atom. The van der Waals surface area contributed by atoms with Gasteiger partial charge in [0.05, 0.1) is 12.5 Å². The molecule has 2 rings (SSSR count). The molecule has 0 aliphatic heterocycles. The molecule has 2 aliphatic carbocycles. The first-order chi connectivity index (χ1) is 8.59. The van der Waals surface area contributed by atoms with Gasteiger partial charge in [-0.05, 0) is 38.1 Å². The van der Waals surface area contributed by atoms with Crippen LogP contribution in [0.1, 0.15) is 32.1 Å². The van der Waals surface area contributed by atoms with E-state index in [1.807, 2.05) is 7.05 Å². The van der Waals surface area contributed by atoms with Crippen LogP contribution in [0, 0.1) is 11.8 Å². The molecule has 0 saturated heterocycles. The highest BCUT2D eigenvalue weighted by Crippen LogP contribution is 2.31. The summed E-state index contributed by atoms with van der Waals surface area (Å²) >= 11 is 0. The highest BCUT2D eigenvalue weighted by atomic mass is 16.4. The lowest BCUT2D eigenvalue weighted by Gasteiger charge is -2.19. The van der Waals surface area contributed by atoms with Gasteiger partial charge in [-0.25, -0.2) is 0 Å². The summed E-state index contributed by atoms with van der Waals surface area (Å²) in [6.07, 6.45) is 4.95. The molecule has 0 bridgehead atoms. The molecule has 18 heavy (non-hydrogen) atoms. The number of carbonyl (C=O) groups excluding carboxylic acids is 1. The van der Waals surface area contributed by atoms with Crippen LogP contribution in [-0.2, 0) is 9.59 Å². The highest BCUT2D eigenvalue weighted by Gasteiger charge is 2.33. The Balaban J connectivity index is 1.68. The van der Waals surface area contributed by atoms with Crippen molar-refractivity contribution < 1.29 is 14.7 Å². The third-order valence-electron chi connectivity index (χ3n) is 4.15. The van der Waals surface area contributed by atoms with Crippen molar-refractivity contribution in [3.8, 4) is 0 Å². The van der Waals surface area contributed by atoms with Crippen molar-refractivity contribution in [3.05, 3.63) is 0 Å². The summed E-state index contributed by atoms with van der Waals surface area (Å²) in [7, 11) is 1.84. The van der Waals surface area contributed by atoms with Gasteiger partial charge in [0.15, 0.2) is 0 Å². The third-order valence-corrected chi connectivity index (χ3v) is 4.15. The molecule has 2 unspecified atom stereocenters. The molecule has 0 aromatic carbocycles. The molecule has 2 fully saturated rings. The van der Waals surface area contributed by atoms with Gasteiger partial charge >= 0.3 is 5.97 Å². The van der Waals surface area contributed by atoms with E-state index in [0.717, 1.165) is 32.1 Å². The van der Waals surface area contributed by atoms with E-state index in [9.17, 15) is 9.59 Å². The predicted molar refractivity (Wildman–Crippen MR) is 67.1 cm³/mol. The Morgan fingerprint density at radius 1 is 1.28 bits per heavy atom. The van der Waals surface area contributed by atoms with Crippen molar-refractivity contribution >= 4 is 11.9 Å². The summed E-state index contributed by atoms with van der Waals surface area (Å²) in [6.45, 7) is 0.969. The first-order valence-corrected chi connectivity index (χ1v) is 6.78. The maximum atomic E-state index is 11.8. The molecule has 0 aromatic heterocycles. The van der Waals surface area contributed by atoms with Crippen molar-refractivity contribution in [2.75, 3.05) is 20.1 Å². The molecule has 0 spiro atoms. The van der Waals surface area contributed by atoms with Crippen LogP contribution in [0.4, 0.5) is 0 Å². The van der Waals surface area contributed by atoms with Gasteiger partial charge in [0.25, 0.3) is 0 Å². The summed E-state index contributed by atoms with van der Waals surface area (Å²) in [4.78, 5) is 24.6.